The van der Waals surface area contributed by atoms with Gasteiger partial charge in [-0.2, -0.15) is 5.10 Å². The highest BCUT2D eigenvalue weighted by atomic mass is 35.5. The van der Waals surface area contributed by atoms with Crippen molar-refractivity contribution < 1.29 is 19.1 Å². The first kappa shape index (κ1) is 33.0. The van der Waals surface area contributed by atoms with Crippen LogP contribution in [0.25, 0.3) is 11.0 Å². The number of nitrogens with one attached hydrogen (secondary N) is 4. The molecule has 1 aliphatic heterocycles. The predicted molar refractivity (Wildman–Crippen MR) is 189 cm³/mol. The van der Waals surface area contributed by atoms with Gasteiger partial charge in [-0.15, -0.1) is 0 Å². The SMILES string of the molecule is CCNC(=O)[C@H](NC(=O)C1(c2ccc3[nH]c([C@@H](NC(=O)c4ccnn4C)[C@H](c4ccccc4Cl)C4(C)CC4)nc3c2)CCOC1)C12CC(C1)C2. The molecule has 2 aromatic heterocycles. The van der Waals surface area contributed by atoms with Gasteiger partial charge in [0.05, 0.1) is 29.1 Å². The maximum atomic E-state index is 14.3. The zero-order valence-electron chi connectivity index (χ0n) is 28.7. The summed E-state index contributed by atoms with van der Waals surface area (Å²) in [5.41, 5.74) is 2.42. The highest BCUT2D eigenvalue weighted by Crippen LogP contribution is 2.66. The normalized spacial score (nSPS) is 26.3. The molecule has 4 aromatic rings. The number of amides is 3. The lowest BCUT2D eigenvalue weighted by Crippen LogP contribution is -2.69. The van der Waals surface area contributed by atoms with Gasteiger partial charge in [-0.05, 0) is 92.2 Å². The van der Waals surface area contributed by atoms with Gasteiger partial charge in [0.1, 0.15) is 17.6 Å². The van der Waals surface area contributed by atoms with E-state index in [4.69, 9.17) is 21.3 Å². The smallest absolute Gasteiger partial charge is 0.270 e. The van der Waals surface area contributed by atoms with Crippen molar-refractivity contribution in [2.45, 2.75) is 75.8 Å². The lowest BCUT2D eigenvalue weighted by atomic mass is 9.41. The van der Waals surface area contributed by atoms with Crippen LogP contribution in [0.1, 0.15) is 91.8 Å². The number of aryl methyl sites for hydroxylation is 1. The average molecular weight is 698 g/mol. The summed E-state index contributed by atoms with van der Waals surface area (Å²) in [6, 6.07) is 14.3. The zero-order valence-corrected chi connectivity index (χ0v) is 29.5. The molecule has 9 rings (SSSR count). The monoisotopic (exact) mass is 697 g/mol. The molecule has 0 spiro atoms. The molecule has 12 heteroatoms. The number of fused-ring (bicyclic) bond motifs is 1. The van der Waals surface area contributed by atoms with E-state index in [1.165, 1.54) is 0 Å². The molecule has 5 aliphatic rings. The summed E-state index contributed by atoms with van der Waals surface area (Å²) in [6.45, 7) is 5.30. The van der Waals surface area contributed by atoms with Gasteiger partial charge in [0, 0.05) is 42.8 Å². The summed E-state index contributed by atoms with van der Waals surface area (Å²) < 4.78 is 7.44. The Kier molecular flexibility index (Phi) is 8.06. The van der Waals surface area contributed by atoms with Gasteiger partial charge >= 0.3 is 0 Å². The second-order valence-corrected chi connectivity index (χ2v) is 15.7. The molecule has 2 aromatic carbocycles. The summed E-state index contributed by atoms with van der Waals surface area (Å²) in [7, 11) is 1.74. The fourth-order valence-electron chi connectivity index (χ4n) is 8.83. The van der Waals surface area contributed by atoms with Crippen LogP contribution in [0, 0.1) is 16.7 Å². The molecule has 2 bridgehead atoms. The van der Waals surface area contributed by atoms with Crippen LogP contribution < -0.4 is 16.0 Å². The first-order chi connectivity index (χ1) is 24.1. The maximum Gasteiger partial charge on any atom is 0.270 e. The molecular weight excluding hydrogens is 654 g/mol. The van der Waals surface area contributed by atoms with Gasteiger partial charge in [0.25, 0.3) is 5.91 Å². The molecule has 4 aliphatic carbocycles. The topological polar surface area (TPSA) is 143 Å². The molecule has 4 atom stereocenters. The Morgan fingerprint density at radius 2 is 1.86 bits per heavy atom. The Hall–Kier alpha value is -4.22. The Morgan fingerprint density at radius 3 is 2.48 bits per heavy atom. The number of aromatic nitrogens is 4. The number of carbonyl (C=O) groups excluding carboxylic acids is 3. The van der Waals surface area contributed by atoms with Crippen LogP contribution in [0.2, 0.25) is 5.02 Å². The van der Waals surface area contributed by atoms with E-state index in [0.717, 1.165) is 48.7 Å². The molecular formula is C38H44ClN7O4. The van der Waals surface area contributed by atoms with Crippen LogP contribution in [0.4, 0.5) is 0 Å². The van der Waals surface area contributed by atoms with Crippen LogP contribution in [-0.2, 0) is 26.8 Å². The predicted octanol–water partition coefficient (Wildman–Crippen LogP) is 5.08. The number of likely N-dealkylation sites (N-methyl/N-ethyl adjacent to an activating group) is 1. The molecule has 5 fully saturated rings. The van der Waals surface area contributed by atoms with Crippen LogP contribution in [0.15, 0.2) is 54.7 Å². The van der Waals surface area contributed by atoms with Gasteiger partial charge in [-0.1, -0.05) is 42.8 Å². The third kappa shape index (κ3) is 5.40. The first-order valence-corrected chi connectivity index (χ1v) is 18.1. The number of H-pyrrole nitrogens is 1. The lowest BCUT2D eigenvalue weighted by Gasteiger charge is -2.64. The van der Waals surface area contributed by atoms with E-state index in [1.54, 1.807) is 24.0 Å². The molecule has 11 nitrogen and oxygen atoms in total. The highest BCUT2D eigenvalue weighted by Gasteiger charge is 2.63. The van der Waals surface area contributed by atoms with E-state index in [-0.39, 0.29) is 41.1 Å². The fraction of sp³-hybridized carbons (Fsp3) is 0.500. The third-order valence-corrected chi connectivity index (χ3v) is 12.4. The number of imidazole rings is 1. The minimum Gasteiger partial charge on any atom is -0.380 e. The van der Waals surface area contributed by atoms with Gasteiger partial charge in [-0.25, -0.2) is 4.98 Å². The van der Waals surface area contributed by atoms with E-state index < -0.39 is 17.5 Å². The Bertz CT molecular complexity index is 1960. The van der Waals surface area contributed by atoms with Crippen molar-refractivity contribution in [1.29, 1.82) is 0 Å². The summed E-state index contributed by atoms with van der Waals surface area (Å²) in [4.78, 5) is 50.0. The molecule has 3 amide bonds. The van der Waals surface area contributed by atoms with Crippen LogP contribution in [-0.4, -0.2) is 63.3 Å². The van der Waals surface area contributed by atoms with E-state index in [0.29, 0.717) is 47.5 Å². The number of hydrogen-bond acceptors (Lipinski definition) is 6. The second-order valence-electron chi connectivity index (χ2n) is 15.3. The van der Waals surface area contributed by atoms with Crippen molar-refractivity contribution in [3.63, 3.8) is 0 Å². The van der Waals surface area contributed by atoms with Crippen molar-refractivity contribution in [3.8, 4) is 0 Å². The molecule has 262 valence electrons. The molecule has 1 saturated heterocycles. The van der Waals surface area contributed by atoms with Gasteiger partial charge in [0.2, 0.25) is 11.8 Å². The van der Waals surface area contributed by atoms with E-state index in [2.05, 4.69) is 33.0 Å². The van der Waals surface area contributed by atoms with Crippen molar-refractivity contribution >= 4 is 40.4 Å². The molecule has 1 unspecified atom stereocenters. The molecule has 0 radical (unpaired) electrons. The molecule has 4 saturated carbocycles. The van der Waals surface area contributed by atoms with Crippen LogP contribution in [0.5, 0.6) is 0 Å². The van der Waals surface area contributed by atoms with Gasteiger partial charge in [-0.3, -0.25) is 19.1 Å². The fourth-order valence-corrected chi connectivity index (χ4v) is 9.08. The summed E-state index contributed by atoms with van der Waals surface area (Å²) >= 11 is 6.85. The molecule has 50 heavy (non-hydrogen) atoms. The van der Waals surface area contributed by atoms with Crippen molar-refractivity contribution in [3.05, 3.63) is 82.4 Å². The van der Waals surface area contributed by atoms with Crippen LogP contribution in [0.3, 0.4) is 0 Å². The average Bonchev–Trinajstić information content (AvgIpc) is 3.44. The Balaban J connectivity index is 1.16. The largest absolute Gasteiger partial charge is 0.380 e. The standard InChI is InChI=1S/C38H44ClN7O4/c1-4-40-34(48)31(37-18-22(19-37)20-37)45-35(49)38(14-16-50-21-38)23-9-10-26-27(17-23)43-32(42-26)30(44-33(47)28-11-15-41-46(28)3)29(36(2)12-13-36)24-7-5-6-8-25(24)39/h5-11,15,17,22,29-31H,4,12-14,16,18-21H2,1-3H3,(H,40,48)(H,42,43)(H,44,47)(H,45,49)/t22?,29-,30-,31-,37?,38?/m0/s1. The number of carbonyl (C=O) groups is 3. The molecule has 4 N–H and O–H groups in total. The van der Waals surface area contributed by atoms with Crippen molar-refractivity contribution in [1.82, 2.24) is 35.7 Å². The van der Waals surface area contributed by atoms with E-state index in [1.807, 2.05) is 49.4 Å². The van der Waals surface area contributed by atoms with Crippen molar-refractivity contribution in [2.24, 2.45) is 23.8 Å². The molecule has 3 heterocycles. The number of benzene rings is 2. The minimum absolute atomic E-state index is 0.107. The number of hydrogen-bond donors (Lipinski definition) is 4. The maximum absolute atomic E-state index is 14.3. The van der Waals surface area contributed by atoms with Gasteiger partial charge < -0.3 is 25.7 Å². The van der Waals surface area contributed by atoms with Crippen molar-refractivity contribution in [2.75, 3.05) is 19.8 Å². The summed E-state index contributed by atoms with van der Waals surface area (Å²) in [6.07, 6.45) is 7.01. The quantitative estimate of drug-likeness (QED) is 0.163. The third-order valence-electron chi connectivity index (χ3n) is 12.1. The Labute approximate surface area is 296 Å². The second kappa shape index (κ2) is 12.2. The Morgan fingerprint density at radius 1 is 1.08 bits per heavy atom. The number of rotatable bonds is 12. The summed E-state index contributed by atoms with van der Waals surface area (Å²) in [5, 5.41) is 14.3. The number of halogens is 1. The minimum atomic E-state index is -0.962. The number of ether oxygens (including phenoxy) is 1. The van der Waals surface area contributed by atoms with E-state index >= 15 is 0 Å². The summed E-state index contributed by atoms with van der Waals surface area (Å²) in [5.74, 6) is 0.539. The van der Waals surface area contributed by atoms with Gasteiger partial charge in [0.15, 0.2) is 0 Å². The van der Waals surface area contributed by atoms with Crippen LogP contribution >= 0.6 is 11.6 Å². The lowest BCUT2D eigenvalue weighted by molar-refractivity contribution is -0.161. The first-order valence-electron chi connectivity index (χ1n) is 17.8. The number of nitrogens with zero attached hydrogens (tertiary/aromatic N) is 3. The highest BCUT2D eigenvalue weighted by molar-refractivity contribution is 6.31. The zero-order chi connectivity index (χ0) is 34.8. The van der Waals surface area contributed by atoms with E-state index in [9.17, 15) is 14.4 Å². The number of aromatic amines is 1.